The van der Waals surface area contributed by atoms with Crippen molar-refractivity contribution in [3.05, 3.63) is 0 Å². The molecule has 0 radical (unpaired) electrons. The minimum absolute atomic E-state index is 0.0875. The molecule has 0 aliphatic heterocycles. The number of hydrogen-bond acceptors (Lipinski definition) is 2. The van der Waals surface area contributed by atoms with E-state index in [0.717, 1.165) is 24.8 Å². The first-order valence-corrected chi connectivity index (χ1v) is 6.69. The van der Waals surface area contributed by atoms with Gasteiger partial charge in [0.05, 0.1) is 6.10 Å². The van der Waals surface area contributed by atoms with Crippen molar-refractivity contribution in [2.45, 2.75) is 64.0 Å². The second-order valence-electron chi connectivity index (χ2n) is 5.53. The van der Waals surface area contributed by atoms with E-state index in [9.17, 15) is 5.11 Å². The molecule has 2 N–H and O–H groups in total. The topological polar surface area (TPSA) is 32.3 Å². The molecule has 2 nitrogen and oxygen atoms in total. The van der Waals surface area contributed by atoms with Gasteiger partial charge in [0.1, 0.15) is 0 Å². The predicted molar refractivity (Wildman–Crippen MR) is 62.8 cm³/mol. The maximum absolute atomic E-state index is 9.85. The summed E-state index contributed by atoms with van der Waals surface area (Å²) >= 11 is 0. The first-order chi connectivity index (χ1) is 7.27. The number of nitrogens with one attached hydrogen (secondary N) is 1. The SMILES string of the molecule is CC1CCCC1CNC1CCCCC1O. The molecule has 0 aromatic rings. The first kappa shape index (κ1) is 11.4. The summed E-state index contributed by atoms with van der Waals surface area (Å²) in [6.45, 7) is 3.50. The molecule has 2 heteroatoms. The van der Waals surface area contributed by atoms with Gasteiger partial charge in [-0.1, -0.05) is 32.6 Å². The molecule has 0 amide bonds. The van der Waals surface area contributed by atoms with Crippen LogP contribution in [0.1, 0.15) is 51.9 Å². The van der Waals surface area contributed by atoms with Crippen LogP contribution in [0.5, 0.6) is 0 Å². The fourth-order valence-corrected chi connectivity index (χ4v) is 3.18. The lowest BCUT2D eigenvalue weighted by molar-refractivity contribution is 0.0879. The summed E-state index contributed by atoms with van der Waals surface area (Å²) < 4.78 is 0. The van der Waals surface area contributed by atoms with Crippen LogP contribution in [-0.4, -0.2) is 23.8 Å². The van der Waals surface area contributed by atoms with Crippen LogP contribution in [0.2, 0.25) is 0 Å². The lowest BCUT2D eigenvalue weighted by Gasteiger charge is -2.30. The van der Waals surface area contributed by atoms with E-state index in [-0.39, 0.29) is 6.10 Å². The molecule has 0 bridgehead atoms. The van der Waals surface area contributed by atoms with Gasteiger partial charge in [-0.15, -0.1) is 0 Å². The third-order valence-corrected chi connectivity index (χ3v) is 4.41. The number of hydrogen-bond donors (Lipinski definition) is 2. The van der Waals surface area contributed by atoms with Crippen molar-refractivity contribution < 1.29 is 5.11 Å². The second kappa shape index (κ2) is 5.31. The Labute approximate surface area is 93.5 Å². The Morgan fingerprint density at radius 1 is 1.07 bits per heavy atom. The molecule has 88 valence electrons. The molecule has 4 unspecified atom stereocenters. The highest BCUT2D eigenvalue weighted by Crippen LogP contribution is 2.31. The minimum Gasteiger partial charge on any atom is -0.392 e. The Hall–Kier alpha value is -0.0800. The number of aliphatic hydroxyl groups is 1. The Kier molecular flexibility index (Phi) is 4.04. The van der Waals surface area contributed by atoms with Crippen molar-refractivity contribution in [2.24, 2.45) is 11.8 Å². The van der Waals surface area contributed by atoms with E-state index in [1.165, 1.54) is 38.5 Å². The summed E-state index contributed by atoms with van der Waals surface area (Å²) in [5, 5.41) is 13.4. The first-order valence-electron chi connectivity index (χ1n) is 6.69. The van der Waals surface area contributed by atoms with Gasteiger partial charge in [0.15, 0.2) is 0 Å². The highest BCUT2D eigenvalue weighted by Gasteiger charge is 2.26. The Bertz CT molecular complexity index is 195. The Balaban J connectivity index is 1.72. The number of rotatable bonds is 3. The fourth-order valence-electron chi connectivity index (χ4n) is 3.18. The summed E-state index contributed by atoms with van der Waals surface area (Å²) in [7, 11) is 0. The highest BCUT2D eigenvalue weighted by atomic mass is 16.3. The van der Waals surface area contributed by atoms with Gasteiger partial charge in [0.2, 0.25) is 0 Å². The van der Waals surface area contributed by atoms with Gasteiger partial charge in [-0.05, 0) is 37.6 Å². The lowest BCUT2D eigenvalue weighted by atomic mass is 9.91. The molecule has 15 heavy (non-hydrogen) atoms. The third kappa shape index (κ3) is 2.94. The van der Waals surface area contributed by atoms with E-state index >= 15 is 0 Å². The molecule has 0 aromatic heterocycles. The molecular weight excluding hydrogens is 186 g/mol. The van der Waals surface area contributed by atoms with Gasteiger partial charge in [-0.25, -0.2) is 0 Å². The van der Waals surface area contributed by atoms with Crippen molar-refractivity contribution in [3.63, 3.8) is 0 Å². The molecule has 0 spiro atoms. The minimum atomic E-state index is -0.0875. The second-order valence-corrected chi connectivity index (χ2v) is 5.53. The van der Waals surface area contributed by atoms with Gasteiger partial charge in [0, 0.05) is 6.04 Å². The monoisotopic (exact) mass is 211 g/mol. The van der Waals surface area contributed by atoms with Gasteiger partial charge in [0.25, 0.3) is 0 Å². The van der Waals surface area contributed by atoms with E-state index in [1.54, 1.807) is 0 Å². The molecule has 2 aliphatic carbocycles. The smallest absolute Gasteiger partial charge is 0.0693 e. The van der Waals surface area contributed by atoms with E-state index in [1.807, 2.05) is 0 Å². The highest BCUT2D eigenvalue weighted by molar-refractivity contribution is 4.83. The summed E-state index contributed by atoms with van der Waals surface area (Å²) in [5.74, 6) is 1.75. The van der Waals surface area contributed by atoms with Gasteiger partial charge < -0.3 is 10.4 Å². The summed E-state index contributed by atoms with van der Waals surface area (Å²) in [6.07, 6.45) is 8.77. The Morgan fingerprint density at radius 2 is 1.87 bits per heavy atom. The van der Waals surface area contributed by atoms with Crippen LogP contribution in [-0.2, 0) is 0 Å². The molecule has 2 rings (SSSR count). The van der Waals surface area contributed by atoms with Crippen LogP contribution < -0.4 is 5.32 Å². The average molecular weight is 211 g/mol. The van der Waals surface area contributed by atoms with Crippen molar-refractivity contribution >= 4 is 0 Å². The van der Waals surface area contributed by atoms with Crippen LogP contribution in [0.15, 0.2) is 0 Å². The van der Waals surface area contributed by atoms with Crippen LogP contribution in [0, 0.1) is 11.8 Å². The fraction of sp³-hybridized carbons (Fsp3) is 1.00. The molecule has 2 saturated carbocycles. The lowest BCUT2D eigenvalue weighted by Crippen LogP contribution is -2.44. The normalized spacial score (nSPS) is 42.0. The molecule has 0 saturated heterocycles. The average Bonchev–Trinajstić information content (AvgIpc) is 2.63. The zero-order chi connectivity index (χ0) is 10.7. The molecular formula is C13H25NO. The molecule has 0 heterocycles. The maximum Gasteiger partial charge on any atom is 0.0693 e. The van der Waals surface area contributed by atoms with Crippen LogP contribution in [0.3, 0.4) is 0 Å². The van der Waals surface area contributed by atoms with E-state index in [2.05, 4.69) is 12.2 Å². The Morgan fingerprint density at radius 3 is 2.53 bits per heavy atom. The van der Waals surface area contributed by atoms with Crippen molar-refractivity contribution in [3.8, 4) is 0 Å². The molecule has 2 fully saturated rings. The van der Waals surface area contributed by atoms with Crippen LogP contribution >= 0.6 is 0 Å². The third-order valence-electron chi connectivity index (χ3n) is 4.41. The van der Waals surface area contributed by atoms with E-state index < -0.39 is 0 Å². The van der Waals surface area contributed by atoms with Crippen molar-refractivity contribution in [1.29, 1.82) is 0 Å². The summed E-state index contributed by atoms with van der Waals surface area (Å²) in [6, 6.07) is 0.381. The predicted octanol–water partition coefficient (Wildman–Crippen LogP) is 2.32. The largest absolute Gasteiger partial charge is 0.392 e. The standard InChI is InChI=1S/C13H25NO/c1-10-5-4-6-11(10)9-14-12-7-2-3-8-13(12)15/h10-15H,2-9H2,1H3. The van der Waals surface area contributed by atoms with Gasteiger partial charge >= 0.3 is 0 Å². The van der Waals surface area contributed by atoms with Crippen molar-refractivity contribution in [1.82, 2.24) is 5.32 Å². The van der Waals surface area contributed by atoms with Crippen LogP contribution in [0.4, 0.5) is 0 Å². The quantitative estimate of drug-likeness (QED) is 0.751. The van der Waals surface area contributed by atoms with Crippen LogP contribution in [0.25, 0.3) is 0 Å². The molecule has 2 aliphatic rings. The van der Waals surface area contributed by atoms with Gasteiger partial charge in [-0.2, -0.15) is 0 Å². The number of aliphatic hydroxyl groups excluding tert-OH is 1. The zero-order valence-electron chi connectivity index (χ0n) is 9.91. The molecule has 0 aromatic carbocycles. The van der Waals surface area contributed by atoms with Crippen molar-refractivity contribution in [2.75, 3.05) is 6.54 Å². The van der Waals surface area contributed by atoms with Gasteiger partial charge in [-0.3, -0.25) is 0 Å². The maximum atomic E-state index is 9.85. The van der Waals surface area contributed by atoms with E-state index in [0.29, 0.717) is 6.04 Å². The molecule has 4 atom stereocenters. The zero-order valence-corrected chi connectivity index (χ0v) is 9.91. The van der Waals surface area contributed by atoms with E-state index in [4.69, 9.17) is 0 Å². The summed E-state index contributed by atoms with van der Waals surface area (Å²) in [5.41, 5.74) is 0. The summed E-state index contributed by atoms with van der Waals surface area (Å²) in [4.78, 5) is 0.